The third-order valence-corrected chi connectivity index (χ3v) is 6.39. The van der Waals surface area contributed by atoms with Crippen LogP contribution in [-0.2, 0) is 4.74 Å². The molecular weight excluding hydrogens is 566 g/mol. The second kappa shape index (κ2) is 15.0. The van der Waals surface area contributed by atoms with Gasteiger partial charge in [0, 0.05) is 35.2 Å². The van der Waals surface area contributed by atoms with Gasteiger partial charge in [0.1, 0.15) is 11.4 Å². The quantitative estimate of drug-likeness (QED) is 0.321. The summed E-state index contributed by atoms with van der Waals surface area (Å²) in [7, 11) is 0. The van der Waals surface area contributed by atoms with Crippen LogP contribution in [0, 0.1) is 11.3 Å². The third-order valence-electron chi connectivity index (χ3n) is 5.60. The molecule has 2 saturated heterocycles. The monoisotopic (exact) mass is 611 g/mol. The fourth-order valence-electron chi connectivity index (χ4n) is 4.45. The van der Waals surface area contributed by atoms with Gasteiger partial charge in [-0.3, -0.25) is 5.41 Å². The number of piperazine rings is 1. The minimum atomic E-state index is -0.520. The van der Waals surface area contributed by atoms with Crippen LogP contribution in [0.1, 0.15) is 100 Å². The lowest BCUT2D eigenvalue weighted by atomic mass is 9.93. The number of amides is 1. The number of hydrogen-bond donors (Lipinski definition) is 1. The Morgan fingerprint density at radius 3 is 2.08 bits per heavy atom. The molecule has 0 spiro atoms. The summed E-state index contributed by atoms with van der Waals surface area (Å²) in [6, 6.07) is 0.237. The van der Waals surface area contributed by atoms with E-state index in [-0.39, 0.29) is 23.5 Å². The molecule has 1 aromatic rings. The van der Waals surface area contributed by atoms with Crippen molar-refractivity contribution in [1.82, 2.24) is 14.9 Å². The standard InChI is InChI=1S/C21H25BrClN5O2.C4H10.2C2H6/c1-5-13-16-15(8-14(22)17(13)24)25-19(23)26-18(16)28-11-6-7-12(28)10-27(9-11)20(29)30-21(2,3)4;1-4(2)3;2*1-2/h5,8,11-12,24H,6-7,9-10H2,1-4H3;4H,1-3H3;2*1-2H3/b13-5-,24-17?;;;. The number of fused-ring (bicyclic) bond motifs is 3. The van der Waals surface area contributed by atoms with Gasteiger partial charge in [-0.2, -0.15) is 4.98 Å². The highest BCUT2D eigenvalue weighted by atomic mass is 79.9. The largest absolute Gasteiger partial charge is 0.444 e. The maximum absolute atomic E-state index is 12.6. The zero-order chi connectivity index (χ0) is 29.4. The highest BCUT2D eigenvalue weighted by Gasteiger charge is 2.44. The van der Waals surface area contributed by atoms with E-state index in [1.165, 1.54) is 0 Å². The SMILES string of the molecule is C/C=C1\C(=N)C(Br)=Cc2nc(Cl)nc(N3C4CCC3CN(C(=O)OC(C)(C)C)C4)c21.CC.CC.CC(C)C. The number of aromatic nitrogens is 2. The average molecular weight is 613 g/mol. The first kappa shape index (κ1) is 34.1. The summed E-state index contributed by atoms with van der Waals surface area (Å²) in [5.74, 6) is 1.58. The van der Waals surface area contributed by atoms with Crippen LogP contribution >= 0.6 is 27.5 Å². The Hall–Kier alpha value is -1.93. The first-order chi connectivity index (χ1) is 17.8. The van der Waals surface area contributed by atoms with Crippen LogP contribution in [-0.4, -0.2) is 57.4 Å². The lowest BCUT2D eigenvalue weighted by Crippen LogP contribution is -2.56. The van der Waals surface area contributed by atoms with Gasteiger partial charge in [0.2, 0.25) is 5.28 Å². The summed E-state index contributed by atoms with van der Waals surface area (Å²) in [6.07, 6.45) is 5.38. The Labute approximate surface area is 243 Å². The van der Waals surface area contributed by atoms with Gasteiger partial charge in [0.05, 0.1) is 17.0 Å². The van der Waals surface area contributed by atoms with Crippen LogP contribution in [0.25, 0.3) is 11.6 Å². The van der Waals surface area contributed by atoms with E-state index in [1.807, 2.05) is 67.5 Å². The van der Waals surface area contributed by atoms with Crippen molar-refractivity contribution in [2.45, 2.75) is 107 Å². The molecule has 1 aliphatic carbocycles. The lowest BCUT2D eigenvalue weighted by Gasteiger charge is -2.43. The second-order valence-electron chi connectivity index (χ2n) is 10.6. The Kier molecular flexibility index (Phi) is 13.5. The molecule has 38 heavy (non-hydrogen) atoms. The highest BCUT2D eigenvalue weighted by molar-refractivity contribution is 9.12. The van der Waals surface area contributed by atoms with E-state index in [1.54, 1.807) is 4.90 Å². The minimum Gasteiger partial charge on any atom is -0.444 e. The smallest absolute Gasteiger partial charge is 0.410 e. The molecule has 2 fully saturated rings. The van der Waals surface area contributed by atoms with Crippen LogP contribution in [0.15, 0.2) is 10.6 Å². The number of nitrogens with zero attached hydrogens (tertiary/aromatic N) is 4. The molecule has 1 N–H and O–H groups in total. The van der Waals surface area contributed by atoms with Gasteiger partial charge in [-0.1, -0.05) is 54.5 Å². The predicted molar refractivity (Wildman–Crippen MR) is 166 cm³/mol. The van der Waals surface area contributed by atoms with Gasteiger partial charge >= 0.3 is 6.09 Å². The van der Waals surface area contributed by atoms with E-state index < -0.39 is 5.60 Å². The van der Waals surface area contributed by atoms with Crippen LogP contribution < -0.4 is 4.90 Å². The van der Waals surface area contributed by atoms with E-state index in [0.717, 1.165) is 35.7 Å². The summed E-state index contributed by atoms with van der Waals surface area (Å²) in [5.41, 5.74) is 2.19. The number of carbonyl (C=O) groups excluding carboxylic acids is 1. The summed E-state index contributed by atoms with van der Waals surface area (Å²) < 4.78 is 6.25. The zero-order valence-corrected chi connectivity index (χ0v) is 27.4. The molecule has 0 radical (unpaired) electrons. The Morgan fingerprint density at radius 2 is 1.63 bits per heavy atom. The van der Waals surface area contributed by atoms with Crippen molar-refractivity contribution in [3.63, 3.8) is 0 Å². The summed E-state index contributed by atoms with van der Waals surface area (Å²) in [4.78, 5) is 25.7. The van der Waals surface area contributed by atoms with E-state index in [9.17, 15) is 4.79 Å². The van der Waals surface area contributed by atoms with Crippen LogP contribution in [0.4, 0.5) is 10.6 Å². The number of nitrogens with one attached hydrogen (secondary N) is 1. The van der Waals surface area contributed by atoms with Gasteiger partial charge in [-0.05, 0) is 80.1 Å². The number of ether oxygens (including phenoxy) is 1. The van der Waals surface area contributed by atoms with Gasteiger partial charge < -0.3 is 14.5 Å². The van der Waals surface area contributed by atoms with Crippen LogP contribution in [0.5, 0.6) is 0 Å². The number of anilines is 1. The van der Waals surface area contributed by atoms with Crippen molar-refractivity contribution in [2.75, 3.05) is 18.0 Å². The van der Waals surface area contributed by atoms with Crippen molar-refractivity contribution in [3.05, 3.63) is 27.1 Å². The zero-order valence-electron chi connectivity index (χ0n) is 25.1. The number of allylic oxidation sites excluding steroid dienone is 3. The Balaban J connectivity index is 0.000000811. The first-order valence-electron chi connectivity index (χ1n) is 13.8. The second-order valence-corrected chi connectivity index (χ2v) is 11.7. The molecule has 2 aliphatic heterocycles. The van der Waals surface area contributed by atoms with Gasteiger partial charge in [-0.15, -0.1) is 0 Å². The molecule has 4 rings (SSSR count). The van der Waals surface area contributed by atoms with E-state index in [4.69, 9.17) is 21.7 Å². The lowest BCUT2D eigenvalue weighted by molar-refractivity contribution is 0.0209. The Bertz CT molecular complexity index is 1020. The summed E-state index contributed by atoms with van der Waals surface area (Å²) >= 11 is 9.75. The molecule has 214 valence electrons. The molecule has 3 aliphatic rings. The Morgan fingerprint density at radius 1 is 1.13 bits per heavy atom. The summed E-state index contributed by atoms with van der Waals surface area (Å²) in [6.45, 7) is 23.2. The molecule has 3 heterocycles. The number of hydrogen-bond acceptors (Lipinski definition) is 6. The molecule has 1 amide bonds. The molecule has 7 nitrogen and oxygen atoms in total. The molecule has 0 saturated carbocycles. The predicted octanol–water partition coefficient (Wildman–Crippen LogP) is 8.61. The van der Waals surface area contributed by atoms with E-state index >= 15 is 0 Å². The van der Waals surface area contributed by atoms with Crippen molar-refractivity contribution in [3.8, 4) is 0 Å². The average Bonchev–Trinajstić information content (AvgIpc) is 3.09. The number of halogens is 2. The maximum atomic E-state index is 12.6. The van der Waals surface area contributed by atoms with Crippen molar-refractivity contribution in [1.29, 1.82) is 5.41 Å². The fraction of sp³-hybridized carbons (Fsp3) is 0.655. The van der Waals surface area contributed by atoms with Crippen LogP contribution in [0.3, 0.4) is 0 Å². The molecule has 0 aromatic carbocycles. The maximum Gasteiger partial charge on any atom is 0.410 e. The fourth-order valence-corrected chi connectivity index (χ4v) is 5.05. The van der Waals surface area contributed by atoms with Gasteiger partial charge in [-0.25, -0.2) is 9.78 Å². The molecule has 2 unspecified atom stereocenters. The first-order valence-corrected chi connectivity index (χ1v) is 15.0. The van der Waals surface area contributed by atoms with E-state index in [0.29, 0.717) is 29.0 Å². The molecule has 1 aromatic heterocycles. The molecular formula is C29H47BrClN5O2. The van der Waals surface area contributed by atoms with E-state index in [2.05, 4.69) is 51.6 Å². The molecule has 9 heteroatoms. The normalized spacial score (nSPS) is 20.8. The topological polar surface area (TPSA) is 82.4 Å². The number of rotatable bonds is 1. The number of carbonyl (C=O) groups is 1. The summed E-state index contributed by atoms with van der Waals surface area (Å²) in [5, 5.41) is 8.65. The van der Waals surface area contributed by atoms with Crippen molar-refractivity contribution >= 4 is 56.8 Å². The molecule has 2 atom stereocenters. The van der Waals surface area contributed by atoms with Crippen LogP contribution in [0.2, 0.25) is 5.28 Å². The van der Waals surface area contributed by atoms with Crippen molar-refractivity contribution in [2.24, 2.45) is 5.92 Å². The number of likely N-dealkylation sites (tertiary alicyclic amines) is 1. The minimum absolute atomic E-state index is 0.118. The third kappa shape index (κ3) is 8.54. The van der Waals surface area contributed by atoms with Gasteiger partial charge in [0.25, 0.3) is 0 Å². The van der Waals surface area contributed by atoms with Crippen molar-refractivity contribution < 1.29 is 9.53 Å². The molecule has 2 bridgehead atoms. The highest BCUT2D eigenvalue weighted by Crippen LogP contribution is 2.42. The van der Waals surface area contributed by atoms with Gasteiger partial charge in [0.15, 0.2) is 0 Å².